The minimum Gasteiger partial charge on any atom is -0.494 e. The van der Waals surface area contributed by atoms with Crippen LogP contribution in [0.2, 0.25) is 0 Å². The molecule has 0 bridgehead atoms. The average molecular weight is 362 g/mol. The second-order valence-electron chi connectivity index (χ2n) is 5.54. The summed E-state index contributed by atoms with van der Waals surface area (Å²) in [5.74, 6) is -0.358. The molecule has 0 aliphatic rings. The number of hydrogen-bond donors (Lipinski definition) is 3. The first kappa shape index (κ1) is 17.3. The van der Waals surface area contributed by atoms with E-state index in [1.165, 1.54) is 6.21 Å². The number of aromatic nitrogens is 1. The molecule has 0 saturated heterocycles. The topological polar surface area (TPSA) is 101 Å². The molecule has 1 aromatic heterocycles. The summed E-state index contributed by atoms with van der Waals surface area (Å²) in [7, 11) is 0. The number of aromatic amines is 1. The second-order valence-corrected chi connectivity index (χ2v) is 5.93. The van der Waals surface area contributed by atoms with Crippen molar-refractivity contribution in [2.75, 3.05) is 5.32 Å². The van der Waals surface area contributed by atoms with Crippen molar-refractivity contribution in [1.82, 2.24) is 4.98 Å². The molecule has 2 aromatic carbocycles. The number of thiocarbonyl (C=S) groups is 1. The van der Waals surface area contributed by atoms with Crippen molar-refractivity contribution in [2.24, 2.45) is 4.99 Å². The first-order chi connectivity index (χ1) is 12.5. The van der Waals surface area contributed by atoms with Gasteiger partial charge < -0.3 is 10.4 Å². The number of fused-ring (bicyclic) bond motifs is 1. The molecule has 0 atom stereocenters. The van der Waals surface area contributed by atoms with Crippen molar-refractivity contribution in [3.8, 4) is 11.9 Å². The number of hydrogen-bond acceptors (Lipinski definition) is 4. The van der Waals surface area contributed by atoms with Gasteiger partial charge in [-0.25, -0.2) is 4.99 Å². The van der Waals surface area contributed by atoms with Crippen molar-refractivity contribution in [2.45, 2.75) is 6.92 Å². The van der Waals surface area contributed by atoms with Gasteiger partial charge in [0.05, 0.1) is 5.56 Å². The van der Waals surface area contributed by atoms with Crippen LogP contribution in [0.15, 0.2) is 52.3 Å². The summed E-state index contributed by atoms with van der Waals surface area (Å²) in [6.45, 7) is 1.57. The fourth-order valence-electron chi connectivity index (χ4n) is 2.62. The molecule has 0 saturated carbocycles. The maximum absolute atomic E-state index is 11.6. The Morgan fingerprint density at radius 1 is 1.31 bits per heavy atom. The van der Waals surface area contributed by atoms with Crippen LogP contribution >= 0.6 is 12.2 Å². The number of rotatable bonds is 2. The summed E-state index contributed by atoms with van der Waals surface area (Å²) in [5, 5.41) is 24.3. The van der Waals surface area contributed by atoms with Crippen LogP contribution in [0.25, 0.3) is 10.8 Å². The third-order valence-electron chi connectivity index (χ3n) is 3.95. The second kappa shape index (κ2) is 7.17. The van der Waals surface area contributed by atoms with E-state index in [0.29, 0.717) is 5.56 Å². The van der Waals surface area contributed by atoms with Crippen molar-refractivity contribution in [1.29, 1.82) is 5.26 Å². The molecule has 0 radical (unpaired) electrons. The lowest BCUT2D eigenvalue weighted by atomic mass is 10.1. The molecular weight excluding hydrogens is 348 g/mol. The number of aliphatic imine (C=N–C) groups is 1. The largest absolute Gasteiger partial charge is 0.494 e. The van der Waals surface area contributed by atoms with Crippen molar-refractivity contribution in [3.63, 3.8) is 0 Å². The van der Waals surface area contributed by atoms with Crippen LogP contribution in [0.4, 0.5) is 5.69 Å². The molecule has 0 spiro atoms. The Labute approximate surface area is 154 Å². The van der Waals surface area contributed by atoms with Crippen LogP contribution in [-0.4, -0.2) is 21.4 Å². The summed E-state index contributed by atoms with van der Waals surface area (Å²) in [6, 6.07) is 15.5. The molecule has 3 rings (SSSR count). The standard InChI is InChI=1S/C19H14N4O2S/c1-11-14(9-20)17(24)23-18(25)15(11)10-21-19(26)22-16-8-4-6-12-5-2-3-7-13(12)16/h2-8,10H,1H3,(H,22,26)(H2,23,24,25). The molecule has 0 aliphatic heterocycles. The van der Waals surface area contributed by atoms with Crippen molar-refractivity contribution in [3.05, 3.63) is 69.5 Å². The van der Waals surface area contributed by atoms with Crippen molar-refractivity contribution >= 4 is 40.0 Å². The van der Waals surface area contributed by atoms with Crippen LogP contribution in [0.1, 0.15) is 16.7 Å². The molecule has 3 aromatic rings. The molecular formula is C19H14N4O2S. The summed E-state index contributed by atoms with van der Waals surface area (Å²) >= 11 is 5.24. The molecule has 6 nitrogen and oxygen atoms in total. The lowest BCUT2D eigenvalue weighted by molar-refractivity contribution is 0.450. The lowest BCUT2D eigenvalue weighted by Crippen LogP contribution is -2.14. The number of benzene rings is 2. The van der Waals surface area contributed by atoms with Gasteiger partial charge in [0.1, 0.15) is 11.6 Å². The summed E-state index contributed by atoms with van der Waals surface area (Å²) in [4.78, 5) is 18.0. The average Bonchev–Trinajstić information content (AvgIpc) is 2.62. The molecule has 0 aliphatic carbocycles. The van der Waals surface area contributed by atoms with E-state index in [9.17, 15) is 9.90 Å². The van der Waals surface area contributed by atoms with Crippen LogP contribution in [0, 0.1) is 18.3 Å². The molecule has 0 unspecified atom stereocenters. The lowest BCUT2D eigenvalue weighted by Gasteiger charge is -2.08. The van der Waals surface area contributed by atoms with E-state index in [0.717, 1.165) is 16.5 Å². The molecule has 0 amide bonds. The zero-order valence-electron chi connectivity index (χ0n) is 13.8. The molecule has 128 valence electrons. The van der Waals surface area contributed by atoms with Crippen molar-refractivity contribution < 1.29 is 5.11 Å². The third-order valence-corrected chi connectivity index (χ3v) is 4.15. The quantitative estimate of drug-likeness (QED) is 0.480. The molecule has 0 fully saturated rings. The summed E-state index contributed by atoms with van der Waals surface area (Å²) < 4.78 is 0. The van der Waals surface area contributed by atoms with Gasteiger partial charge in [-0.05, 0) is 36.2 Å². The van der Waals surface area contributed by atoms with Gasteiger partial charge >= 0.3 is 0 Å². The number of anilines is 1. The van der Waals surface area contributed by atoms with Gasteiger partial charge in [-0.15, -0.1) is 0 Å². The van der Waals surface area contributed by atoms with Gasteiger partial charge in [-0.1, -0.05) is 36.4 Å². The monoisotopic (exact) mass is 362 g/mol. The highest BCUT2D eigenvalue weighted by atomic mass is 32.1. The Balaban J connectivity index is 1.89. The number of nitriles is 1. The minimum atomic E-state index is -0.642. The van der Waals surface area contributed by atoms with E-state index in [2.05, 4.69) is 15.3 Å². The third kappa shape index (κ3) is 3.31. The van der Waals surface area contributed by atoms with Crippen LogP contribution in [0.5, 0.6) is 5.88 Å². The highest BCUT2D eigenvalue weighted by molar-refractivity contribution is 7.80. The molecule has 3 N–H and O–H groups in total. The van der Waals surface area contributed by atoms with Gasteiger partial charge in [0, 0.05) is 17.3 Å². The van der Waals surface area contributed by atoms with Crippen LogP contribution in [0.3, 0.4) is 0 Å². The maximum Gasteiger partial charge on any atom is 0.268 e. The van der Waals surface area contributed by atoms with E-state index < -0.39 is 5.56 Å². The Kier molecular flexibility index (Phi) is 4.78. The van der Waals surface area contributed by atoms with E-state index in [1.54, 1.807) is 6.92 Å². The van der Waals surface area contributed by atoms with E-state index in [4.69, 9.17) is 17.5 Å². The first-order valence-electron chi connectivity index (χ1n) is 7.70. The molecule has 7 heteroatoms. The zero-order valence-corrected chi connectivity index (χ0v) is 14.6. The first-order valence-corrected chi connectivity index (χ1v) is 8.11. The molecule has 26 heavy (non-hydrogen) atoms. The number of pyridine rings is 1. The predicted molar refractivity (Wildman–Crippen MR) is 106 cm³/mol. The Morgan fingerprint density at radius 3 is 2.81 bits per heavy atom. The Hall–Kier alpha value is -3.50. The van der Waals surface area contributed by atoms with Gasteiger partial charge in [-0.2, -0.15) is 5.26 Å². The number of aromatic hydroxyl groups is 1. The zero-order chi connectivity index (χ0) is 18.7. The van der Waals surface area contributed by atoms with Gasteiger partial charge in [0.25, 0.3) is 5.56 Å². The highest BCUT2D eigenvalue weighted by Crippen LogP contribution is 2.23. The van der Waals surface area contributed by atoms with Crippen LogP contribution in [-0.2, 0) is 0 Å². The van der Waals surface area contributed by atoms with E-state index in [1.807, 2.05) is 48.5 Å². The Morgan fingerprint density at radius 2 is 2.04 bits per heavy atom. The van der Waals surface area contributed by atoms with E-state index >= 15 is 0 Å². The minimum absolute atomic E-state index is 0.0721. The Bertz CT molecular complexity index is 1140. The van der Waals surface area contributed by atoms with Gasteiger partial charge in [0.2, 0.25) is 5.88 Å². The number of nitrogens with zero attached hydrogens (tertiary/aromatic N) is 2. The summed E-state index contributed by atoms with van der Waals surface area (Å²) in [6.07, 6.45) is 1.32. The summed E-state index contributed by atoms with van der Waals surface area (Å²) in [5.41, 5.74) is 0.673. The van der Waals surface area contributed by atoms with Crippen LogP contribution < -0.4 is 10.9 Å². The van der Waals surface area contributed by atoms with Gasteiger partial charge in [0.15, 0.2) is 5.11 Å². The number of nitrogens with one attached hydrogen (secondary N) is 2. The number of H-pyrrole nitrogens is 1. The van der Waals surface area contributed by atoms with E-state index in [-0.39, 0.29) is 22.1 Å². The predicted octanol–water partition coefficient (Wildman–Crippen LogP) is 3.23. The fraction of sp³-hybridized carbons (Fsp3) is 0.0526. The molecule has 1 heterocycles. The SMILES string of the molecule is Cc1c(C=NC(=S)Nc2cccc3ccccc23)c(O)[nH]c(=O)c1C#N. The normalized spacial score (nSPS) is 10.8. The smallest absolute Gasteiger partial charge is 0.268 e. The maximum atomic E-state index is 11.6. The highest BCUT2D eigenvalue weighted by Gasteiger charge is 2.12. The fourth-order valence-corrected chi connectivity index (χ4v) is 2.78. The van der Waals surface area contributed by atoms with Gasteiger partial charge in [-0.3, -0.25) is 9.78 Å².